The Bertz CT molecular complexity index is 944. The number of fused-ring (bicyclic) bond motifs is 3. The van der Waals surface area contributed by atoms with Crippen LogP contribution in [0.5, 0.6) is 0 Å². The lowest BCUT2D eigenvalue weighted by atomic mass is 10.0. The molecule has 0 spiro atoms. The number of rotatable bonds is 4. The van der Waals surface area contributed by atoms with Gasteiger partial charge in [0.25, 0.3) is 5.84 Å². The number of aliphatic imine (C=N–C) groups is 2. The number of aromatic carboxylic acids is 1. The zero-order valence-electron chi connectivity index (χ0n) is 13.5. The van der Waals surface area contributed by atoms with Crippen molar-refractivity contribution in [2.24, 2.45) is 15.7 Å². The molecular weight excluding hydrogens is 316 g/mol. The molecule has 2 aliphatic heterocycles. The van der Waals surface area contributed by atoms with Gasteiger partial charge < -0.3 is 10.8 Å². The molecule has 4 rings (SSSR count). The van der Waals surface area contributed by atoms with E-state index in [0.29, 0.717) is 17.6 Å². The first-order chi connectivity index (χ1) is 12.2. The van der Waals surface area contributed by atoms with E-state index >= 15 is 0 Å². The van der Waals surface area contributed by atoms with Crippen molar-refractivity contribution < 1.29 is 9.90 Å². The summed E-state index contributed by atoms with van der Waals surface area (Å²) >= 11 is 0. The molecule has 3 N–H and O–H groups in total. The number of amidine groups is 1. The third kappa shape index (κ3) is 2.23. The number of para-hydroxylation sites is 2. The summed E-state index contributed by atoms with van der Waals surface area (Å²) in [6, 6.07) is 14.8. The quantitative estimate of drug-likeness (QED) is 0.843. The van der Waals surface area contributed by atoms with Crippen LogP contribution < -0.4 is 10.2 Å². The van der Waals surface area contributed by atoms with E-state index in [1.807, 2.05) is 42.6 Å². The van der Waals surface area contributed by atoms with Gasteiger partial charge in [-0.05, 0) is 30.3 Å². The van der Waals surface area contributed by atoms with Crippen LogP contribution in [-0.4, -0.2) is 36.2 Å². The minimum atomic E-state index is -0.940. The van der Waals surface area contributed by atoms with E-state index in [0.717, 1.165) is 28.5 Å². The van der Waals surface area contributed by atoms with Gasteiger partial charge in [0.15, 0.2) is 11.4 Å². The van der Waals surface area contributed by atoms with Gasteiger partial charge in [0.05, 0.1) is 11.8 Å². The molecule has 1 unspecified atom stereocenters. The molecule has 0 aromatic heterocycles. The van der Waals surface area contributed by atoms with Crippen LogP contribution in [-0.2, 0) is 0 Å². The van der Waals surface area contributed by atoms with Crippen LogP contribution >= 0.6 is 0 Å². The second kappa shape index (κ2) is 5.77. The highest BCUT2D eigenvalue weighted by atomic mass is 16.4. The van der Waals surface area contributed by atoms with Crippen molar-refractivity contribution in [2.75, 3.05) is 13.1 Å². The molecule has 25 heavy (non-hydrogen) atoms. The minimum Gasteiger partial charge on any atom is -0.478 e. The van der Waals surface area contributed by atoms with Crippen LogP contribution in [0.15, 0.2) is 64.7 Å². The second-order valence-electron chi connectivity index (χ2n) is 5.95. The molecule has 6 heteroatoms. The van der Waals surface area contributed by atoms with Gasteiger partial charge >= 0.3 is 5.97 Å². The molecule has 0 bridgehead atoms. The predicted molar refractivity (Wildman–Crippen MR) is 99.1 cm³/mol. The van der Waals surface area contributed by atoms with Gasteiger partial charge in [-0.15, -0.1) is 0 Å². The molecule has 2 aliphatic rings. The van der Waals surface area contributed by atoms with E-state index in [-0.39, 0.29) is 5.56 Å². The number of hydrogen-bond donors (Lipinski definition) is 2. The molecule has 2 aromatic rings. The maximum Gasteiger partial charge on any atom is 0.335 e. The van der Waals surface area contributed by atoms with Gasteiger partial charge in [0.2, 0.25) is 0 Å². The largest absolute Gasteiger partial charge is 0.478 e. The predicted octanol–water partition coefficient (Wildman–Crippen LogP) is 2.78. The monoisotopic (exact) mass is 333 g/mol. The molecule has 2 heterocycles. The summed E-state index contributed by atoms with van der Waals surface area (Å²) in [5.74, 6) is -0.119. The molecule has 0 saturated heterocycles. The molecule has 0 saturated carbocycles. The van der Waals surface area contributed by atoms with Crippen molar-refractivity contribution in [2.45, 2.75) is 0 Å². The average Bonchev–Trinajstić information content (AvgIpc) is 3.01. The smallest absolute Gasteiger partial charge is 0.335 e. The Kier molecular flexibility index (Phi) is 3.56. The van der Waals surface area contributed by atoms with Crippen molar-refractivity contribution in [1.29, 1.82) is 0 Å². The number of nitrogens with two attached hydrogens (primary N) is 1. The highest BCUT2D eigenvalue weighted by molar-refractivity contribution is 6.39. The summed E-state index contributed by atoms with van der Waals surface area (Å²) in [5.41, 5.74) is 10.0. The third-order valence-corrected chi connectivity index (χ3v) is 4.63. The van der Waals surface area contributed by atoms with Crippen LogP contribution in [0.2, 0.25) is 0 Å². The summed E-state index contributed by atoms with van der Waals surface area (Å²) in [5, 5.41) is 9.12. The number of carbonyl (C=O) groups is 1. The molecule has 124 valence electrons. The first-order valence-electron chi connectivity index (χ1n) is 8.01. The number of nitrogens with zero attached hydrogens (tertiary/aromatic N) is 3. The third-order valence-electron chi connectivity index (χ3n) is 4.63. The van der Waals surface area contributed by atoms with Gasteiger partial charge in [-0.3, -0.25) is 0 Å². The second-order valence-corrected chi connectivity index (χ2v) is 5.95. The van der Waals surface area contributed by atoms with Crippen LogP contribution in [0.1, 0.15) is 15.9 Å². The molecule has 1 atom stereocenters. The van der Waals surface area contributed by atoms with Crippen LogP contribution in [0, 0.1) is 0 Å². The molecule has 2 aromatic carbocycles. The van der Waals surface area contributed by atoms with Gasteiger partial charge in [-0.1, -0.05) is 12.1 Å². The standard InChI is InChI=1S/C19H16N4O2/c20-9-10-23-16-4-2-1-3-15(16)21-12-18(23)22-11-17(23)13-5-7-14(8-6-13)19(24)25/h1-8,11-12H,9-10,20H2/p+1. The lowest BCUT2D eigenvalue weighted by Gasteiger charge is -2.37. The highest BCUT2D eigenvalue weighted by Gasteiger charge is 2.47. The fourth-order valence-corrected chi connectivity index (χ4v) is 3.48. The van der Waals surface area contributed by atoms with E-state index in [2.05, 4.69) is 9.98 Å². The van der Waals surface area contributed by atoms with E-state index in [9.17, 15) is 4.79 Å². The van der Waals surface area contributed by atoms with Crippen LogP contribution in [0.4, 0.5) is 11.4 Å². The number of carboxylic acids is 1. The molecule has 6 nitrogen and oxygen atoms in total. The Hall–Kier alpha value is -3.09. The van der Waals surface area contributed by atoms with Crippen molar-refractivity contribution in [3.8, 4) is 0 Å². The Labute approximate surface area is 144 Å². The normalized spacial score (nSPS) is 20.5. The fourth-order valence-electron chi connectivity index (χ4n) is 3.48. The Morgan fingerprint density at radius 1 is 1.12 bits per heavy atom. The zero-order valence-corrected chi connectivity index (χ0v) is 13.5. The zero-order chi connectivity index (χ0) is 17.4. The van der Waals surface area contributed by atoms with E-state index in [1.54, 1.807) is 18.3 Å². The SMILES string of the molecule is NCC[N+]12C(c3ccc(C(=O)O)cc3)=CN=C1C=Nc1ccccc12. The summed E-state index contributed by atoms with van der Waals surface area (Å²) in [6.45, 7) is 1.13. The first-order valence-corrected chi connectivity index (χ1v) is 8.01. The van der Waals surface area contributed by atoms with Gasteiger partial charge in [0.1, 0.15) is 18.4 Å². The van der Waals surface area contributed by atoms with Gasteiger partial charge in [-0.2, -0.15) is 4.99 Å². The molecule has 0 radical (unpaired) electrons. The lowest BCUT2D eigenvalue weighted by molar-refractivity contribution is 0.0697. The van der Waals surface area contributed by atoms with Crippen molar-refractivity contribution in [3.05, 3.63) is 65.9 Å². The number of hydrogen-bond acceptors (Lipinski definition) is 4. The maximum atomic E-state index is 11.1. The fraction of sp³-hybridized carbons (Fsp3) is 0.105. The summed E-state index contributed by atoms with van der Waals surface area (Å²) < 4.78 is 0.405. The van der Waals surface area contributed by atoms with Gasteiger partial charge in [0, 0.05) is 18.2 Å². The van der Waals surface area contributed by atoms with Gasteiger partial charge in [-0.25, -0.2) is 14.3 Å². The van der Waals surface area contributed by atoms with Crippen molar-refractivity contribution >= 4 is 35.1 Å². The number of benzene rings is 2. The topological polar surface area (TPSA) is 88.0 Å². The van der Waals surface area contributed by atoms with Crippen LogP contribution in [0.25, 0.3) is 5.70 Å². The van der Waals surface area contributed by atoms with Crippen molar-refractivity contribution in [1.82, 2.24) is 4.48 Å². The molecular formula is C19H17N4O2+. The molecule has 0 fully saturated rings. The van der Waals surface area contributed by atoms with E-state index in [1.165, 1.54) is 0 Å². The minimum absolute atomic E-state index is 0.259. The first kappa shape index (κ1) is 15.4. The van der Waals surface area contributed by atoms with Crippen molar-refractivity contribution in [3.63, 3.8) is 0 Å². The van der Waals surface area contributed by atoms with Crippen LogP contribution in [0.3, 0.4) is 0 Å². The van der Waals surface area contributed by atoms with E-state index in [4.69, 9.17) is 10.8 Å². The lowest BCUT2D eigenvalue weighted by Crippen LogP contribution is -2.55. The average molecular weight is 333 g/mol. The number of quaternary nitrogens is 1. The number of carboxylic acid groups (broad SMARTS) is 1. The maximum absolute atomic E-state index is 11.1. The Morgan fingerprint density at radius 2 is 1.88 bits per heavy atom. The molecule has 0 amide bonds. The summed E-state index contributed by atoms with van der Waals surface area (Å²) in [4.78, 5) is 20.2. The summed E-state index contributed by atoms with van der Waals surface area (Å²) in [7, 11) is 0. The summed E-state index contributed by atoms with van der Waals surface area (Å²) in [6.07, 6.45) is 3.61. The molecule has 0 aliphatic carbocycles. The highest BCUT2D eigenvalue weighted by Crippen LogP contribution is 2.45. The van der Waals surface area contributed by atoms with E-state index < -0.39 is 5.97 Å². The Balaban J connectivity index is 1.87. The Morgan fingerprint density at radius 3 is 2.60 bits per heavy atom.